The molecule has 0 saturated carbocycles. The summed E-state index contributed by atoms with van der Waals surface area (Å²) in [4.78, 5) is 23.3. The highest BCUT2D eigenvalue weighted by Gasteiger charge is 2.06. The van der Waals surface area contributed by atoms with Crippen LogP contribution >= 0.6 is 0 Å². The van der Waals surface area contributed by atoms with Crippen LogP contribution in [0.15, 0.2) is 0 Å². The fraction of sp³-hybridized carbons (Fsp3) is 0.692. The number of aromatic nitrogens is 3. The van der Waals surface area contributed by atoms with Gasteiger partial charge in [0.2, 0.25) is 17.8 Å². The van der Waals surface area contributed by atoms with Gasteiger partial charge >= 0.3 is 6.01 Å². The van der Waals surface area contributed by atoms with Crippen molar-refractivity contribution in [2.75, 3.05) is 30.3 Å². The molecule has 1 aromatic rings. The molecule has 0 aromatic carbocycles. The maximum atomic E-state index is 10.6. The second-order valence-corrected chi connectivity index (χ2v) is 4.48. The lowest BCUT2D eigenvalue weighted by molar-refractivity contribution is -0.118. The van der Waals surface area contributed by atoms with Gasteiger partial charge < -0.3 is 21.1 Å². The number of hydrogen-bond acceptors (Lipinski definition) is 7. The fourth-order valence-corrected chi connectivity index (χ4v) is 1.57. The van der Waals surface area contributed by atoms with E-state index in [0.29, 0.717) is 37.5 Å². The van der Waals surface area contributed by atoms with E-state index in [1.54, 1.807) is 0 Å². The number of carbonyl (C=O) groups excluding carboxylic acids is 1. The van der Waals surface area contributed by atoms with E-state index in [0.717, 1.165) is 25.8 Å². The number of anilines is 2. The van der Waals surface area contributed by atoms with Crippen LogP contribution in [0, 0.1) is 0 Å². The van der Waals surface area contributed by atoms with Crippen molar-refractivity contribution in [3.05, 3.63) is 0 Å². The minimum absolute atomic E-state index is 0.278. The van der Waals surface area contributed by atoms with Crippen molar-refractivity contribution in [2.45, 2.75) is 39.5 Å². The summed E-state index contributed by atoms with van der Waals surface area (Å²) in [5, 5.41) is 6.21. The number of unbranched alkanes of at least 4 members (excludes halogenated alkanes) is 1. The van der Waals surface area contributed by atoms with Gasteiger partial charge in [-0.25, -0.2) is 0 Å². The lowest BCUT2D eigenvalue weighted by Gasteiger charge is -2.09. The topological polar surface area (TPSA) is 115 Å². The molecule has 8 nitrogen and oxygen atoms in total. The Morgan fingerprint density at radius 2 is 1.76 bits per heavy atom. The summed E-state index contributed by atoms with van der Waals surface area (Å²) >= 11 is 0. The van der Waals surface area contributed by atoms with E-state index in [4.69, 9.17) is 10.5 Å². The smallest absolute Gasteiger partial charge is 0.323 e. The third kappa shape index (κ3) is 7.28. The second-order valence-electron chi connectivity index (χ2n) is 4.48. The maximum absolute atomic E-state index is 10.6. The quantitative estimate of drug-likeness (QED) is 0.525. The summed E-state index contributed by atoms with van der Waals surface area (Å²) in [6.45, 7) is 5.88. The average Bonchev–Trinajstić information content (AvgIpc) is 2.44. The molecule has 8 heteroatoms. The van der Waals surface area contributed by atoms with Gasteiger partial charge in [0, 0.05) is 19.5 Å². The average molecular weight is 296 g/mol. The molecule has 0 aliphatic carbocycles. The Morgan fingerprint density at radius 1 is 1.10 bits per heavy atom. The molecular weight excluding hydrogens is 272 g/mol. The minimum Gasteiger partial charge on any atom is -0.464 e. The van der Waals surface area contributed by atoms with E-state index >= 15 is 0 Å². The lowest BCUT2D eigenvalue weighted by Crippen LogP contribution is -2.13. The molecule has 0 atom stereocenters. The van der Waals surface area contributed by atoms with E-state index in [1.807, 2.05) is 6.92 Å². The van der Waals surface area contributed by atoms with Gasteiger partial charge in [0.05, 0.1) is 6.61 Å². The molecule has 1 amide bonds. The highest BCUT2D eigenvalue weighted by Crippen LogP contribution is 2.11. The van der Waals surface area contributed by atoms with Gasteiger partial charge in [0.25, 0.3) is 0 Å². The van der Waals surface area contributed by atoms with Gasteiger partial charge in [-0.05, 0) is 26.2 Å². The lowest BCUT2D eigenvalue weighted by atomic mass is 10.2. The van der Waals surface area contributed by atoms with Crippen molar-refractivity contribution in [1.29, 1.82) is 0 Å². The SMILES string of the molecule is CCCNc1nc(NCCCCC(N)=O)nc(OCC)n1. The number of nitrogens with two attached hydrogens (primary N) is 1. The summed E-state index contributed by atoms with van der Waals surface area (Å²) in [5.41, 5.74) is 5.09. The number of primary amides is 1. The normalized spacial score (nSPS) is 10.2. The first kappa shape index (κ1) is 16.9. The first-order valence-corrected chi connectivity index (χ1v) is 7.30. The van der Waals surface area contributed by atoms with Crippen molar-refractivity contribution < 1.29 is 9.53 Å². The van der Waals surface area contributed by atoms with Crippen LogP contribution in [0.5, 0.6) is 6.01 Å². The predicted molar refractivity (Wildman–Crippen MR) is 81.3 cm³/mol. The van der Waals surface area contributed by atoms with Crippen molar-refractivity contribution in [2.24, 2.45) is 5.73 Å². The second kappa shape index (κ2) is 9.73. The molecule has 0 saturated heterocycles. The maximum Gasteiger partial charge on any atom is 0.323 e. The summed E-state index contributed by atoms with van der Waals surface area (Å²) < 4.78 is 5.32. The number of nitrogens with one attached hydrogen (secondary N) is 2. The molecule has 0 aliphatic rings. The van der Waals surface area contributed by atoms with Crippen LogP contribution in [0.1, 0.15) is 39.5 Å². The highest BCUT2D eigenvalue weighted by atomic mass is 16.5. The number of hydrogen-bond donors (Lipinski definition) is 3. The number of carbonyl (C=O) groups is 1. The van der Waals surface area contributed by atoms with Crippen LogP contribution in [-0.2, 0) is 4.79 Å². The van der Waals surface area contributed by atoms with Crippen LogP contribution in [0.25, 0.3) is 0 Å². The predicted octanol–water partition coefficient (Wildman–Crippen LogP) is 1.16. The fourth-order valence-electron chi connectivity index (χ4n) is 1.57. The Labute approximate surface area is 124 Å². The Bertz CT molecular complexity index is 441. The van der Waals surface area contributed by atoms with Crippen molar-refractivity contribution >= 4 is 17.8 Å². The minimum atomic E-state index is -0.278. The molecule has 1 heterocycles. The van der Waals surface area contributed by atoms with E-state index in [1.165, 1.54) is 0 Å². The van der Waals surface area contributed by atoms with Crippen molar-refractivity contribution in [3.63, 3.8) is 0 Å². The molecule has 1 aromatic heterocycles. The molecule has 0 spiro atoms. The number of nitrogens with zero attached hydrogens (tertiary/aromatic N) is 3. The van der Waals surface area contributed by atoms with Gasteiger partial charge in [-0.1, -0.05) is 6.92 Å². The standard InChI is InChI=1S/C13H24N6O2/c1-3-8-15-11-17-12(19-13(18-11)21-4-2)16-9-6-5-7-10(14)20/h3-9H2,1-2H3,(H2,14,20)(H2,15,16,17,18,19). The zero-order chi connectivity index (χ0) is 15.5. The summed E-state index contributed by atoms with van der Waals surface area (Å²) in [6.07, 6.45) is 2.93. The van der Waals surface area contributed by atoms with Gasteiger partial charge in [-0.2, -0.15) is 15.0 Å². The first-order chi connectivity index (χ1) is 10.2. The first-order valence-electron chi connectivity index (χ1n) is 7.30. The summed E-state index contributed by atoms with van der Waals surface area (Å²) in [5.74, 6) is 0.681. The van der Waals surface area contributed by atoms with Gasteiger partial charge in [-0.15, -0.1) is 0 Å². The van der Waals surface area contributed by atoms with E-state index < -0.39 is 0 Å². The summed E-state index contributed by atoms with van der Waals surface area (Å²) in [7, 11) is 0. The van der Waals surface area contributed by atoms with Crippen LogP contribution in [0.2, 0.25) is 0 Å². The molecule has 0 aliphatic heterocycles. The third-order valence-electron chi connectivity index (χ3n) is 2.55. The Balaban J connectivity index is 2.53. The molecule has 4 N–H and O–H groups in total. The Kier molecular flexibility index (Phi) is 7.85. The Morgan fingerprint density at radius 3 is 2.33 bits per heavy atom. The molecule has 21 heavy (non-hydrogen) atoms. The molecule has 118 valence electrons. The van der Waals surface area contributed by atoms with Crippen LogP contribution in [-0.4, -0.2) is 40.6 Å². The highest BCUT2D eigenvalue weighted by molar-refractivity contribution is 5.73. The van der Waals surface area contributed by atoms with Crippen LogP contribution in [0.4, 0.5) is 11.9 Å². The zero-order valence-electron chi connectivity index (χ0n) is 12.7. The summed E-state index contributed by atoms with van der Waals surface area (Å²) in [6, 6.07) is 0.297. The van der Waals surface area contributed by atoms with Gasteiger partial charge in [0.1, 0.15) is 0 Å². The molecule has 0 radical (unpaired) electrons. The van der Waals surface area contributed by atoms with E-state index in [2.05, 4.69) is 32.5 Å². The zero-order valence-corrected chi connectivity index (χ0v) is 12.7. The van der Waals surface area contributed by atoms with Gasteiger partial charge in [-0.3, -0.25) is 4.79 Å². The Hall–Kier alpha value is -2.12. The van der Waals surface area contributed by atoms with Crippen LogP contribution in [0.3, 0.4) is 0 Å². The van der Waals surface area contributed by atoms with E-state index in [9.17, 15) is 4.79 Å². The van der Waals surface area contributed by atoms with Crippen molar-refractivity contribution in [1.82, 2.24) is 15.0 Å². The largest absolute Gasteiger partial charge is 0.464 e. The monoisotopic (exact) mass is 296 g/mol. The molecule has 0 unspecified atom stereocenters. The third-order valence-corrected chi connectivity index (χ3v) is 2.55. The van der Waals surface area contributed by atoms with E-state index in [-0.39, 0.29) is 5.91 Å². The van der Waals surface area contributed by atoms with Gasteiger partial charge in [0.15, 0.2) is 0 Å². The number of ether oxygens (including phenoxy) is 1. The van der Waals surface area contributed by atoms with Crippen molar-refractivity contribution in [3.8, 4) is 6.01 Å². The number of amides is 1. The number of rotatable bonds is 11. The molecule has 0 fully saturated rings. The molecule has 1 rings (SSSR count). The molecular formula is C13H24N6O2. The van der Waals surface area contributed by atoms with Crippen LogP contribution < -0.4 is 21.1 Å². The molecule has 0 bridgehead atoms.